The van der Waals surface area contributed by atoms with Crippen LogP contribution < -0.4 is 21.3 Å². The first-order valence-corrected chi connectivity index (χ1v) is 10.2. The van der Waals surface area contributed by atoms with E-state index >= 15 is 0 Å². The molecular weight excluding hydrogens is 467 g/mol. The fraction of sp³-hybridized carbons (Fsp3) is 0.150. The molecule has 0 fully saturated rings. The van der Waals surface area contributed by atoms with Crippen molar-refractivity contribution in [1.82, 2.24) is 10.6 Å². The van der Waals surface area contributed by atoms with Crippen LogP contribution in [0.5, 0.6) is 0 Å². The second kappa shape index (κ2) is 11.2. The van der Waals surface area contributed by atoms with Crippen LogP contribution in [-0.4, -0.2) is 26.9 Å². The minimum Gasteiger partial charge on any atom is -0.339 e. The number of amides is 2. The highest BCUT2D eigenvalue weighted by Crippen LogP contribution is 2.29. The lowest BCUT2D eigenvalue weighted by molar-refractivity contribution is -0.117. The number of anilines is 2. The molecule has 158 valence electrons. The third-order valence-electron chi connectivity index (χ3n) is 3.58. The van der Waals surface area contributed by atoms with E-state index in [2.05, 4.69) is 21.3 Å². The van der Waals surface area contributed by atoms with Crippen molar-refractivity contribution >= 4 is 81.4 Å². The minimum atomic E-state index is -1.86. The SMILES string of the molecule is CC(=O)Nc1ccc(NC(=S)N[C@H](NC(=O)/C=C/c2ccccc2)C(Cl)(Cl)Cl)cc1. The van der Waals surface area contributed by atoms with E-state index in [1.54, 1.807) is 30.3 Å². The van der Waals surface area contributed by atoms with E-state index in [-0.39, 0.29) is 11.0 Å². The summed E-state index contributed by atoms with van der Waals surface area (Å²) in [5.41, 5.74) is 2.13. The first kappa shape index (κ1) is 24.0. The van der Waals surface area contributed by atoms with Gasteiger partial charge < -0.3 is 21.3 Å². The zero-order valence-electron chi connectivity index (χ0n) is 15.8. The van der Waals surface area contributed by atoms with Gasteiger partial charge >= 0.3 is 0 Å². The average molecular weight is 486 g/mol. The Morgan fingerprint density at radius 2 is 1.50 bits per heavy atom. The topological polar surface area (TPSA) is 82.3 Å². The van der Waals surface area contributed by atoms with Gasteiger partial charge in [0.05, 0.1) is 0 Å². The number of rotatable bonds is 6. The average Bonchev–Trinajstić information content (AvgIpc) is 2.67. The summed E-state index contributed by atoms with van der Waals surface area (Å²) in [6, 6.07) is 16.1. The molecule has 10 heteroatoms. The number of carbonyl (C=O) groups excluding carboxylic acids is 2. The molecule has 1 atom stereocenters. The van der Waals surface area contributed by atoms with Crippen molar-refractivity contribution in [3.05, 3.63) is 66.2 Å². The number of halogens is 3. The Bertz CT molecular complexity index is 916. The summed E-state index contributed by atoms with van der Waals surface area (Å²) >= 11 is 23.2. The molecule has 0 bridgehead atoms. The van der Waals surface area contributed by atoms with Gasteiger partial charge in [0.25, 0.3) is 0 Å². The Hall–Kier alpha value is -2.32. The zero-order chi connectivity index (χ0) is 22.1. The van der Waals surface area contributed by atoms with Crippen LogP contribution in [0.2, 0.25) is 0 Å². The summed E-state index contributed by atoms with van der Waals surface area (Å²) in [5.74, 6) is -0.638. The molecule has 2 aromatic rings. The van der Waals surface area contributed by atoms with Crippen LogP contribution in [0.15, 0.2) is 60.7 Å². The molecule has 2 aromatic carbocycles. The van der Waals surface area contributed by atoms with Crippen LogP contribution in [0.3, 0.4) is 0 Å². The van der Waals surface area contributed by atoms with E-state index in [1.807, 2.05) is 30.3 Å². The maximum absolute atomic E-state index is 12.2. The first-order chi connectivity index (χ1) is 14.1. The van der Waals surface area contributed by atoms with E-state index in [0.717, 1.165) is 5.56 Å². The van der Waals surface area contributed by atoms with E-state index in [4.69, 9.17) is 47.0 Å². The van der Waals surface area contributed by atoms with Crippen LogP contribution in [0.4, 0.5) is 11.4 Å². The summed E-state index contributed by atoms with van der Waals surface area (Å²) in [5, 5.41) is 11.0. The third kappa shape index (κ3) is 8.59. The Kier molecular flexibility index (Phi) is 8.92. The predicted octanol–water partition coefficient (Wildman–Crippen LogP) is 4.46. The van der Waals surface area contributed by atoms with Gasteiger partial charge in [-0.15, -0.1) is 0 Å². The molecular formula is C20H19Cl3N4O2S. The second-order valence-electron chi connectivity index (χ2n) is 6.08. The molecule has 0 aromatic heterocycles. The van der Waals surface area contributed by atoms with Crippen LogP contribution in [-0.2, 0) is 9.59 Å². The smallest absolute Gasteiger partial charge is 0.245 e. The molecule has 0 saturated carbocycles. The molecule has 0 spiro atoms. The molecule has 0 aliphatic carbocycles. The molecule has 0 aliphatic heterocycles. The highest BCUT2D eigenvalue weighted by Gasteiger charge is 2.34. The summed E-state index contributed by atoms with van der Waals surface area (Å²) < 4.78 is -1.86. The van der Waals surface area contributed by atoms with Crippen molar-refractivity contribution in [1.29, 1.82) is 0 Å². The van der Waals surface area contributed by atoms with Crippen molar-refractivity contribution in [2.24, 2.45) is 0 Å². The van der Waals surface area contributed by atoms with Crippen molar-refractivity contribution < 1.29 is 9.59 Å². The number of carbonyl (C=O) groups is 2. The van der Waals surface area contributed by atoms with Crippen molar-refractivity contribution in [2.75, 3.05) is 10.6 Å². The van der Waals surface area contributed by atoms with Crippen molar-refractivity contribution in [3.8, 4) is 0 Å². The third-order valence-corrected chi connectivity index (χ3v) is 4.45. The van der Waals surface area contributed by atoms with Crippen molar-refractivity contribution in [2.45, 2.75) is 16.9 Å². The van der Waals surface area contributed by atoms with Gasteiger partial charge in [0.1, 0.15) is 6.17 Å². The summed E-state index contributed by atoms with van der Waals surface area (Å²) in [6.07, 6.45) is 1.88. The van der Waals surface area contributed by atoms with Gasteiger partial charge in [-0.2, -0.15) is 0 Å². The molecule has 0 heterocycles. The number of alkyl halides is 3. The van der Waals surface area contributed by atoms with Gasteiger partial charge in [-0.3, -0.25) is 9.59 Å². The van der Waals surface area contributed by atoms with E-state index in [0.29, 0.717) is 11.4 Å². The minimum absolute atomic E-state index is 0.131. The van der Waals surface area contributed by atoms with Crippen LogP contribution >= 0.6 is 47.0 Å². The van der Waals surface area contributed by atoms with Gasteiger partial charge in [-0.05, 0) is 48.1 Å². The lowest BCUT2D eigenvalue weighted by atomic mass is 10.2. The normalized spacial score (nSPS) is 12.1. The Labute approximate surface area is 195 Å². The number of thiocarbonyl (C=S) groups is 1. The Morgan fingerprint density at radius 3 is 2.03 bits per heavy atom. The van der Waals surface area contributed by atoms with Gasteiger partial charge in [0.2, 0.25) is 15.6 Å². The molecule has 6 nitrogen and oxygen atoms in total. The molecule has 0 saturated heterocycles. The van der Waals surface area contributed by atoms with Crippen LogP contribution in [0, 0.1) is 0 Å². The Balaban J connectivity index is 1.96. The van der Waals surface area contributed by atoms with E-state index < -0.39 is 15.9 Å². The molecule has 0 radical (unpaired) electrons. The molecule has 4 N–H and O–H groups in total. The standard InChI is InChI=1S/C20H19Cl3N4O2S/c1-13(28)24-15-8-10-16(11-9-15)25-19(30)27-18(20(21,22)23)26-17(29)12-7-14-5-3-2-4-6-14/h2-12,18H,1H3,(H,24,28)(H,26,29)(H2,25,27,30)/b12-7+/t18-/m0/s1. The summed E-state index contributed by atoms with van der Waals surface area (Å²) in [4.78, 5) is 23.3. The number of hydrogen-bond acceptors (Lipinski definition) is 3. The lowest BCUT2D eigenvalue weighted by Gasteiger charge is -2.27. The molecule has 0 aliphatic rings. The fourth-order valence-electron chi connectivity index (χ4n) is 2.26. The maximum atomic E-state index is 12.2. The Morgan fingerprint density at radius 1 is 0.933 bits per heavy atom. The van der Waals surface area contributed by atoms with Gasteiger partial charge in [-0.25, -0.2) is 0 Å². The summed E-state index contributed by atoms with van der Waals surface area (Å²) in [7, 11) is 0. The number of nitrogens with one attached hydrogen (secondary N) is 4. The van der Waals surface area contributed by atoms with Crippen LogP contribution in [0.1, 0.15) is 12.5 Å². The predicted molar refractivity (Wildman–Crippen MR) is 128 cm³/mol. The molecule has 30 heavy (non-hydrogen) atoms. The molecule has 2 amide bonds. The zero-order valence-corrected chi connectivity index (χ0v) is 18.9. The van der Waals surface area contributed by atoms with Gasteiger partial charge in [-0.1, -0.05) is 65.1 Å². The quantitative estimate of drug-likeness (QED) is 0.210. The van der Waals surface area contributed by atoms with E-state index in [1.165, 1.54) is 13.0 Å². The summed E-state index contributed by atoms with van der Waals surface area (Å²) in [6.45, 7) is 1.42. The first-order valence-electron chi connectivity index (χ1n) is 8.69. The number of benzene rings is 2. The fourth-order valence-corrected chi connectivity index (χ4v) is 2.83. The maximum Gasteiger partial charge on any atom is 0.245 e. The van der Waals surface area contributed by atoms with Crippen LogP contribution in [0.25, 0.3) is 6.08 Å². The largest absolute Gasteiger partial charge is 0.339 e. The van der Waals surface area contributed by atoms with E-state index in [9.17, 15) is 9.59 Å². The number of hydrogen-bond donors (Lipinski definition) is 4. The highest BCUT2D eigenvalue weighted by molar-refractivity contribution is 7.80. The molecule has 0 unspecified atom stereocenters. The van der Waals surface area contributed by atoms with Gasteiger partial charge in [0, 0.05) is 24.4 Å². The van der Waals surface area contributed by atoms with Crippen molar-refractivity contribution in [3.63, 3.8) is 0 Å². The monoisotopic (exact) mass is 484 g/mol. The molecule has 2 rings (SSSR count). The lowest BCUT2D eigenvalue weighted by Crippen LogP contribution is -2.55. The second-order valence-corrected chi connectivity index (χ2v) is 8.86. The highest BCUT2D eigenvalue weighted by atomic mass is 35.6. The van der Waals surface area contributed by atoms with Gasteiger partial charge in [0.15, 0.2) is 5.11 Å².